The van der Waals surface area contributed by atoms with Crippen molar-refractivity contribution in [2.45, 2.75) is 18.4 Å². The molecule has 3 rings (SSSR count). The molecule has 0 saturated heterocycles. The summed E-state index contributed by atoms with van der Waals surface area (Å²) in [5.74, 6) is -0.156. The van der Waals surface area contributed by atoms with Crippen LogP contribution < -0.4 is 5.63 Å². The molecule has 0 radical (unpaired) electrons. The zero-order chi connectivity index (χ0) is 17.8. The van der Waals surface area contributed by atoms with E-state index in [1.54, 1.807) is 12.1 Å². The van der Waals surface area contributed by atoms with E-state index in [1.165, 1.54) is 17.8 Å². The quantitative estimate of drug-likeness (QED) is 0.371. The number of esters is 1. The van der Waals surface area contributed by atoms with E-state index in [2.05, 4.69) is 0 Å². The van der Waals surface area contributed by atoms with Gasteiger partial charge in [0.1, 0.15) is 12.2 Å². The van der Waals surface area contributed by atoms with Crippen molar-refractivity contribution in [3.05, 3.63) is 75.1 Å². The van der Waals surface area contributed by atoms with Crippen molar-refractivity contribution in [1.29, 1.82) is 0 Å². The third-order valence-corrected chi connectivity index (χ3v) is 4.99. The molecule has 0 aliphatic rings. The van der Waals surface area contributed by atoms with Gasteiger partial charge in [0.15, 0.2) is 0 Å². The van der Waals surface area contributed by atoms with Gasteiger partial charge in [0.2, 0.25) is 0 Å². The monoisotopic (exact) mass is 374 g/mol. The smallest absolute Gasteiger partial charge is 0.336 e. The van der Waals surface area contributed by atoms with Gasteiger partial charge in [0.25, 0.3) is 0 Å². The van der Waals surface area contributed by atoms with Gasteiger partial charge in [0.05, 0.1) is 5.75 Å². The maximum absolute atomic E-state index is 12.0. The fourth-order valence-electron chi connectivity index (χ4n) is 2.33. The summed E-state index contributed by atoms with van der Waals surface area (Å²) in [6.07, 6.45) is 0. The lowest BCUT2D eigenvalue weighted by Crippen LogP contribution is -2.09. The Labute approximate surface area is 153 Å². The molecule has 0 aliphatic carbocycles. The molecule has 0 N–H and O–H groups in total. The summed E-state index contributed by atoms with van der Waals surface area (Å²) >= 11 is 7.55. The standard InChI is InChI=1S/C19H15ClO4S/c1-12-7-17-15(9-16(12)20)13(8-18(21)24-17)10-23-19(22)11-25-14-5-3-2-4-6-14/h2-9H,10-11H2,1H3. The summed E-state index contributed by atoms with van der Waals surface area (Å²) in [5, 5.41) is 1.23. The number of fused-ring (bicyclic) bond motifs is 1. The third kappa shape index (κ3) is 4.44. The lowest BCUT2D eigenvalue weighted by molar-refractivity contribution is -0.141. The highest BCUT2D eigenvalue weighted by Gasteiger charge is 2.11. The van der Waals surface area contributed by atoms with E-state index >= 15 is 0 Å². The molecule has 0 unspecified atom stereocenters. The zero-order valence-electron chi connectivity index (χ0n) is 13.5. The summed E-state index contributed by atoms with van der Waals surface area (Å²) in [6.45, 7) is 1.82. The first-order chi connectivity index (χ1) is 12.0. The van der Waals surface area contributed by atoms with Crippen LogP contribution in [0.25, 0.3) is 11.0 Å². The summed E-state index contributed by atoms with van der Waals surface area (Å²) < 4.78 is 10.5. The number of carbonyl (C=O) groups excluding carboxylic acids is 1. The van der Waals surface area contributed by atoms with Crippen LogP contribution in [-0.4, -0.2) is 11.7 Å². The number of hydrogen-bond acceptors (Lipinski definition) is 5. The highest BCUT2D eigenvalue weighted by atomic mass is 35.5. The molecule has 0 bridgehead atoms. The fourth-order valence-corrected chi connectivity index (χ4v) is 3.21. The number of rotatable bonds is 5. The van der Waals surface area contributed by atoms with Crippen LogP contribution in [0.4, 0.5) is 0 Å². The molecule has 128 valence electrons. The highest BCUT2D eigenvalue weighted by molar-refractivity contribution is 8.00. The predicted octanol–water partition coefficient (Wildman–Crippen LogP) is 4.59. The Morgan fingerprint density at radius 2 is 1.96 bits per heavy atom. The highest BCUT2D eigenvalue weighted by Crippen LogP contribution is 2.25. The maximum atomic E-state index is 12.0. The Kier molecular flexibility index (Phi) is 5.46. The van der Waals surface area contributed by atoms with Crippen LogP contribution in [0.1, 0.15) is 11.1 Å². The second-order valence-electron chi connectivity index (χ2n) is 5.45. The molecule has 0 saturated carbocycles. The van der Waals surface area contributed by atoms with Gasteiger partial charge < -0.3 is 9.15 Å². The number of carbonyl (C=O) groups is 1. The average Bonchev–Trinajstić information content (AvgIpc) is 2.60. The first-order valence-electron chi connectivity index (χ1n) is 7.59. The van der Waals surface area contributed by atoms with E-state index in [-0.39, 0.29) is 18.3 Å². The van der Waals surface area contributed by atoms with Crippen LogP contribution in [0.2, 0.25) is 5.02 Å². The van der Waals surface area contributed by atoms with E-state index in [0.717, 1.165) is 10.5 Å². The summed E-state index contributed by atoms with van der Waals surface area (Å²) in [6, 6.07) is 14.3. The number of benzene rings is 2. The average molecular weight is 375 g/mol. The van der Waals surface area contributed by atoms with Crippen molar-refractivity contribution in [3.8, 4) is 0 Å². The van der Waals surface area contributed by atoms with Gasteiger partial charge in [0, 0.05) is 26.9 Å². The first-order valence-corrected chi connectivity index (χ1v) is 8.95. The van der Waals surface area contributed by atoms with Crippen LogP contribution in [-0.2, 0) is 16.1 Å². The van der Waals surface area contributed by atoms with E-state index < -0.39 is 5.63 Å². The molecule has 0 spiro atoms. The normalized spacial score (nSPS) is 10.8. The van der Waals surface area contributed by atoms with Gasteiger partial charge >= 0.3 is 11.6 Å². The third-order valence-electron chi connectivity index (χ3n) is 3.60. The summed E-state index contributed by atoms with van der Waals surface area (Å²) in [4.78, 5) is 24.7. The van der Waals surface area contributed by atoms with Gasteiger partial charge in [-0.05, 0) is 36.8 Å². The SMILES string of the molecule is Cc1cc2oc(=O)cc(COC(=O)CSc3ccccc3)c2cc1Cl. The van der Waals surface area contributed by atoms with E-state index in [0.29, 0.717) is 21.6 Å². The molecule has 3 aromatic rings. The minimum atomic E-state index is -0.487. The summed E-state index contributed by atoms with van der Waals surface area (Å²) in [5.41, 5.74) is 1.33. The number of thioether (sulfide) groups is 1. The van der Waals surface area contributed by atoms with Gasteiger partial charge in [-0.1, -0.05) is 29.8 Å². The van der Waals surface area contributed by atoms with Crippen molar-refractivity contribution in [1.82, 2.24) is 0 Å². The Hall–Kier alpha value is -2.24. The largest absolute Gasteiger partial charge is 0.460 e. The molecule has 0 amide bonds. The number of halogens is 1. The molecule has 0 fully saturated rings. The molecule has 0 atom stereocenters. The Bertz CT molecular complexity index is 966. The van der Waals surface area contributed by atoms with Gasteiger partial charge in [-0.25, -0.2) is 4.79 Å². The van der Waals surface area contributed by atoms with Crippen molar-refractivity contribution in [3.63, 3.8) is 0 Å². The van der Waals surface area contributed by atoms with Gasteiger partial charge in [-0.3, -0.25) is 4.79 Å². The van der Waals surface area contributed by atoms with Crippen LogP contribution >= 0.6 is 23.4 Å². The molecule has 1 heterocycles. The molecule has 4 nitrogen and oxygen atoms in total. The maximum Gasteiger partial charge on any atom is 0.336 e. The lowest BCUT2D eigenvalue weighted by atomic mass is 10.1. The van der Waals surface area contributed by atoms with Crippen molar-refractivity contribution < 1.29 is 13.9 Å². The minimum absolute atomic E-state index is 0.00429. The van der Waals surface area contributed by atoms with Crippen LogP contribution in [0.15, 0.2) is 62.6 Å². The van der Waals surface area contributed by atoms with Crippen molar-refractivity contribution >= 4 is 40.3 Å². The van der Waals surface area contributed by atoms with Crippen LogP contribution in [0.5, 0.6) is 0 Å². The van der Waals surface area contributed by atoms with E-state index in [1.807, 2.05) is 37.3 Å². The second-order valence-corrected chi connectivity index (χ2v) is 6.91. The first kappa shape index (κ1) is 17.6. The molecule has 25 heavy (non-hydrogen) atoms. The number of hydrogen-bond donors (Lipinski definition) is 0. The fraction of sp³-hybridized carbons (Fsp3) is 0.158. The number of ether oxygens (including phenoxy) is 1. The lowest BCUT2D eigenvalue weighted by Gasteiger charge is -2.08. The Morgan fingerprint density at radius 1 is 1.20 bits per heavy atom. The van der Waals surface area contributed by atoms with E-state index in [4.69, 9.17) is 20.8 Å². The molecule has 2 aromatic carbocycles. The molecule has 0 aliphatic heterocycles. The Morgan fingerprint density at radius 3 is 2.72 bits per heavy atom. The number of aryl methyl sites for hydroxylation is 1. The molecule has 1 aromatic heterocycles. The zero-order valence-corrected chi connectivity index (χ0v) is 15.0. The van der Waals surface area contributed by atoms with Crippen molar-refractivity contribution in [2.75, 3.05) is 5.75 Å². The Balaban J connectivity index is 1.71. The topological polar surface area (TPSA) is 56.5 Å². The second kappa shape index (κ2) is 7.76. The van der Waals surface area contributed by atoms with Gasteiger partial charge in [-0.2, -0.15) is 0 Å². The molecular formula is C19H15ClO4S. The molecular weight excluding hydrogens is 360 g/mol. The van der Waals surface area contributed by atoms with E-state index in [9.17, 15) is 9.59 Å². The van der Waals surface area contributed by atoms with Crippen LogP contribution in [0.3, 0.4) is 0 Å². The minimum Gasteiger partial charge on any atom is -0.460 e. The van der Waals surface area contributed by atoms with Gasteiger partial charge in [-0.15, -0.1) is 11.8 Å². The predicted molar refractivity (Wildman–Crippen MR) is 99.2 cm³/mol. The van der Waals surface area contributed by atoms with Crippen LogP contribution in [0, 0.1) is 6.92 Å². The summed E-state index contributed by atoms with van der Waals surface area (Å²) in [7, 11) is 0. The van der Waals surface area contributed by atoms with Crippen molar-refractivity contribution in [2.24, 2.45) is 0 Å². The molecule has 6 heteroatoms.